The molecule has 1 aromatic carbocycles. The smallest absolute Gasteiger partial charge is 0.228 e. The van der Waals surface area contributed by atoms with E-state index in [0.717, 1.165) is 29.4 Å². The summed E-state index contributed by atoms with van der Waals surface area (Å²) in [6, 6.07) is 5.88. The second-order valence-electron chi connectivity index (χ2n) is 6.29. The largest absolute Gasteiger partial charge is 0.356 e. The molecule has 6 heteroatoms. The van der Waals surface area contributed by atoms with Crippen LogP contribution in [0.25, 0.3) is 11.0 Å². The van der Waals surface area contributed by atoms with Gasteiger partial charge in [0.05, 0.1) is 19.6 Å². The molecule has 1 spiro atoms. The highest BCUT2D eigenvalue weighted by Crippen LogP contribution is 2.31. The zero-order valence-corrected chi connectivity index (χ0v) is 13.2. The van der Waals surface area contributed by atoms with Crippen LogP contribution in [0.5, 0.6) is 0 Å². The Morgan fingerprint density at radius 1 is 1.26 bits per heavy atom. The lowest BCUT2D eigenvalue weighted by Crippen LogP contribution is -2.47. The molecule has 0 radical (unpaired) electrons. The van der Waals surface area contributed by atoms with E-state index in [1.54, 1.807) is 0 Å². The van der Waals surface area contributed by atoms with Gasteiger partial charge in [0.2, 0.25) is 5.91 Å². The van der Waals surface area contributed by atoms with Gasteiger partial charge in [-0.15, -0.1) is 0 Å². The average molecular weight is 316 g/mol. The molecule has 2 aliphatic heterocycles. The van der Waals surface area contributed by atoms with E-state index in [9.17, 15) is 4.79 Å². The van der Waals surface area contributed by atoms with Gasteiger partial charge in [-0.1, -0.05) is 16.8 Å². The van der Waals surface area contributed by atoms with Crippen molar-refractivity contribution in [1.29, 1.82) is 0 Å². The second kappa shape index (κ2) is 5.62. The number of carbonyl (C=O) groups excluding carboxylic acids is 1. The molecular weight excluding hydrogens is 296 g/mol. The fraction of sp³-hybridized carbons (Fsp3) is 0.529. The summed E-state index contributed by atoms with van der Waals surface area (Å²) < 4.78 is 16.7. The van der Waals surface area contributed by atoms with Crippen LogP contribution in [0.1, 0.15) is 24.1 Å². The minimum atomic E-state index is -0.450. The van der Waals surface area contributed by atoms with E-state index < -0.39 is 5.79 Å². The first-order valence-corrected chi connectivity index (χ1v) is 8.06. The SMILES string of the molecule is Cc1ccc2onc(CC(=O)N3CCC4(CC3)OCCO4)c2c1. The molecule has 0 aliphatic carbocycles. The Balaban J connectivity index is 1.44. The van der Waals surface area contributed by atoms with Crippen molar-refractivity contribution in [3.63, 3.8) is 0 Å². The molecule has 1 aromatic heterocycles. The molecule has 2 saturated heterocycles. The Morgan fingerprint density at radius 2 is 2.00 bits per heavy atom. The van der Waals surface area contributed by atoms with E-state index in [-0.39, 0.29) is 12.3 Å². The molecule has 0 bridgehead atoms. The van der Waals surface area contributed by atoms with Gasteiger partial charge in [-0.05, 0) is 19.1 Å². The Hall–Kier alpha value is -1.92. The maximum Gasteiger partial charge on any atom is 0.228 e. The monoisotopic (exact) mass is 316 g/mol. The van der Waals surface area contributed by atoms with Crippen LogP contribution in [0.15, 0.2) is 22.7 Å². The van der Waals surface area contributed by atoms with Crippen LogP contribution in [0.3, 0.4) is 0 Å². The van der Waals surface area contributed by atoms with Crippen LogP contribution < -0.4 is 0 Å². The number of piperidine rings is 1. The first-order chi connectivity index (χ1) is 11.2. The van der Waals surface area contributed by atoms with Gasteiger partial charge < -0.3 is 18.9 Å². The van der Waals surface area contributed by atoms with E-state index >= 15 is 0 Å². The van der Waals surface area contributed by atoms with Crippen molar-refractivity contribution < 1.29 is 18.8 Å². The highest BCUT2D eigenvalue weighted by molar-refractivity contribution is 5.86. The summed E-state index contributed by atoms with van der Waals surface area (Å²) in [5.74, 6) is -0.372. The summed E-state index contributed by atoms with van der Waals surface area (Å²) in [4.78, 5) is 14.4. The summed E-state index contributed by atoms with van der Waals surface area (Å²) in [6.07, 6.45) is 1.74. The number of hydrogen-bond donors (Lipinski definition) is 0. The van der Waals surface area contributed by atoms with Gasteiger partial charge in [-0.2, -0.15) is 0 Å². The van der Waals surface area contributed by atoms with Crippen molar-refractivity contribution in [3.8, 4) is 0 Å². The zero-order chi connectivity index (χ0) is 15.9. The lowest BCUT2D eigenvalue weighted by Gasteiger charge is -2.37. The van der Waals surface area contributed by atoms with Crippen molar-refractivity contribution in [2.75, 3.05) is 26.3 Å². The molecule has 23 heavy (non-hydrogen) atoms. The standard InChI is InChI=1S/C17H20N2O4/c1-12-2-3-15-13(10-12)14(18-23-15)11-16(20)19-6-4-17(5-7-19)21-8-9-22-17/h2-3,10H,4-9,11H2,1H3. The molecule has 0 N–H and O–H groups in total. The summed E-state index contributed by atoms with van der Waals surface area (Å²) in [5.41, 5.74) is 2.57. The average Bonchev–Trinajstić information content (AvgIpc) is 3.16. The number of amides is 1. The summed E-state index contributed by atoms with van der Waals surface area (Å²) in [7, 11) is 0. The molecule has 122 valence electrons. The normalized spacial score (nSPS) is 20.5. The first-order valence-electron chi connectivity index (χ1n) is 8.06. The molecular formula is C17H20N2O4. The highest BCUT2D eigenvalue weighted by Gasteiger charge is 2.40. The van der Waals surface area contributed by atoms with Gasteiger partial charge in [0.15, 0.2) is 11.4 Å². The maximum atomic E-state index is 12.6. The van der Waals surface area contributed by atoms with E-state index in [1.165, 1.54) is 0 Å². The van der Waals surface area contributed by atoms with E-state index in [4.69, 9.17) is 14.0 Å². The van der Waals surface area contributed by atoms with Crippen molar-refractivity contribution in [1.82, 2.24) is 10.1 Å². The van der Waals surface area contributed by atoms with Crippen LogP contribution in [-0.4, -0.2) is 48.1 Å². The zero-order valence-electron chi connectivity index (χ0n) is 13.2. The number of aryl methyl sites for hydroxylation is 1. The third-order valence-electron chi connectivity index (χ3n) is 4.71. The van der Waals surface area contributed by atoms with Crippen LogP contribution in [-0.2, 0) is 20.7 Å². The van der Waals surface area contributed by atoms with Gasteiger partial charge in [0.25, 0.3) is 0 Å². The van der Waals surface area contributed by atoms with Crippen molar-refractivity contribution >= 4 is 16.9 Å². The lowest BCUT2D eigenvalue weighted by atomic mass is 10.0. The third-order valence-corrected chi connectivity index (χ3v) is 4.71. The first kappa shape index (κ1) is 14.7. The quantitative estimate of drug-likeness (QED) is 0.848. The predicted molar refractivity (Wildman–Crippen MR) is 82.9 cm³/mol. The van der Waals surface area contributed by atoms with E-state index in [0.29, 0.717) is 32.0 Å². The van der Waals surface area contributed by atoms with E-state index in [2.05, 4.69) is 5.16 Å². The molecule has 6 nitrogen and oxygen atoms in total. The number of fused-ring (bicyclic) bond motifs is 1. The molecule has 3 heterocycles. The molecule has 0 saturated carbocycles. The van der Waals surface area contributed by atoms with Gasteiger partial charge in [0, 0.05) is 31.3 Å². The highest BCUT2D eigenvalue weighted by atomic mass is 16.7. The number of carbonyl (C=O) groups is 1. The molecule has 2 aliphatic rings. The van der Waals surface area contributed by atoms with Crippen LogP contribution in [0.4, 0.5) is 0 Å². The van der Waals surface area contributed by atoms with Gasteiger partial charge in [0.1, 0.15) is 5.69 Å². The Bertz CT molecular complexity index is 723. The van der Waals surface area contributed by atoms with Gasteiger partial charge in [-0.3, -0.25) is 4.79 Å². The topological polar surface area (TPSA) is 64.8 Å². The van der Waals surface area contributed by atoms with Crippen LogP contribution in [0.2, 0.25) is 0 Å². The summed E-state index contributed by atoms with van der Waals surface area (Å²) >= 11 is 0. The number of ether oxygens (including phenoxy) is 2. The third kappa shape index (κ3) is 2.72. The minimum absolute atomic E-state index is 0.0783. The van der Waals surface area contributed by atoms with E-state index in [1.807, 2.05) is 30.0 Å². The fourth-order valence-electron chi connectivity index (χ4n) is 3.37. The summed E-state index contributed by atoms with van der Waals surface area (Å²) in [5, 5.41) is 5.00. The van der Waals surface area contributed by atoms with Crippen molar-refractivity contribution in [2.24, 2.45) is 0 Å². The molecule has 1 amide bonds. The Morgan fingerprint density at radius 3 is 2.74 bits per heavy atom. The fourth-order valence-corrected chi connectivity index (χ4v) is 3.37. The predicted octanol–water partition coefficient (Wildman–Crippen LogP) is 2.04. The number of hydrogen-bond acceptors (Lipinski definition) is 5. The number of nitrogens with zero attached hydrogens (tertiary/aromatic N) is 2. The van der Waals surface area contributed by atoms with Crippen LogP contribution in [0, 0.1) is 6.92 Å². The Labute approximate surface area is 134 Å². The van der Waals surface area contributed by atoms with Crippen molar-refractivity contribution in [3.05, 3.63) is 29.5 Å². The van der Waals surface area contributed by atoms with Crippen LogP contribution >= 0.6 is 0 Å². The minimum Gasteiger partial charge on any atom is -0.356 e. The second-order valence-corrected chi connectivity index (χ2v) is 6.29. The van der Waals surface area contributed by atoms with Gasteiger partial charge >= 0.3 is 0 Å². The number of aromatic nitrogens is 1. The maximum absolute atomic E-state index is 12.6. The van der Waals surface area contributed by atoms with Crippen molar-refractivity contribution in [2.45, 2.75) is 32.0 Å². The molecule has 2 fully saturated rings. The molecule has 0 unspecified atom stereocenters. The van der Waals surface area contributed by atoms with Gasteiger partial charge in [-0.25, -0.2) is 0 Å². The summed E-state index contributed by atoms with van der Waals surface area (Å²) in [6.45, 7) is 4.64. The Kier molecular flexibility index (Phi) is 3.58. The lowest BCUT2D eigenvalue weighted by molar-refractivity contribution is -0.187. The number of rotatable bonds is 2. The molecule has 4 rings (SSSR count). The number of likely N-dealkylation sites (tertiary alicyclic amines) is 1. The number of benzene rings is 1. The molecule has 0 atom stereocenters. The molecule has 2 aromatic rings.